The SMILES string of the molecule is CN(Cc1ccoc1)C(=O)C1C2C(=O)N(c3ccc(CCO)cc3)C[C@@]23C=C[C@@H]1O3. The van der Waals surface area contributed by atoms with Crippen LogP contribution in [0.1, 0.15) is 11.1 Å². The Balaban J connectivity index is 1.39. The molecule has 2 bridgehead atoms. The molecule has 1 N–H and O–H groups in total. The molecule has 4 atom stereocenters. The van der Waals surface area contributed by atoms with Gasteiger partial charge in [-0.1, -0.05) is 24.3 Å². The molecule has 0 saturated carbocycles. The van der Waals surface area contributed by atoms with Gasteiger partial charge in [0.25, 0.3) is 0 Å². The molecule has 2 unspecified atom stereocenters. The van der Waals surface area contributed by atoms with Crippen LogP contribution in [-0.4, -0.2) is 53.7 Å². The normalized spacial score (nSPS) is 28.9. The molecule has 2 amide bonds. The van der Waals surface area contributed by atoms with Gasteiger partial charge in [0.1, 0.15) is 5.60 Å². The molecule has 3 aliphatic rings. The second kappa shape index (κ2) is 7.11. The number of benzene rings is 1. The third-order valence-electron chi connectivity index (χ3n) is 6.41. The lowest BCUT2D eigenvalue weighted by Crippen LogP contribution is -2.44. The molecule has 7 nitrogen and oxygen atoms in total. The van der Waals surface area contributed by atoms with E-state index >= 15 is 0 Å². The van der Waals surface area contributed by atoms with E-state index in [1.165, 1.54) is 0 Å². The molecule has 156 valence electrons. The Bertz CT molecular complexity index is 984. The number of aliphatic hydroxyl groups is 1. The summed E-state index contributed by atoms with van der Waals surface area (Å²) in [6, 6.07) is 9.43. The highest BCUT2D eigenvalue weighted by Crippen LogP contribution is 2.53. The summed E-state index contributed by atoms with van der Waals surface area (Å²) in [5, 5.41) is 9.10. The zero-order valence-electron chi connectivity index (χ0n) is 16.7. The summed E-state index contributed by atoms with van der Waals surface area (Å²) in [5.74, 6) is -1.22. The van der Waals surface area contributed by atoms with E-state index in [4.69, 9.17) is 14.3 Å². The fourth-order valence-electron chi connectivity index (χ4n) is 4.96. The molecule has 5 rings (SSSR count). The van der Waals surface area contributed by atoms with Crippen molar-refractivity contribution in [2.45, 2.75) is 24.7 Å². The number of carbonyl (C=O) groups excluding carboxylic acids is 2. The number of aliphatic hydroxyl groups excluding tert-OH is 1. The van der Waals surface area contributed by atoms with E-state index in [9.17, 15) is 9.59 Å². The average Bonchev–Trinajstić information content (AvgIpc) is 3.51. The number of nitrogens with zero attached hydrogens (tertiary/aromatic N) is 2. The number of carbonyl (C=O) groups is 2. The third-order valence-corrected chi connectivity index (χ3v) is 6.41. The Morgan fingerprint density at radius 3 is 2.77 bits per heavy atom. The van der Waals surface area contributed by atoms with Gasteiger partial charge in [-0.25, -0.2) is 0 Å². The summed E-state index contributed by atoms with van der Waals surface area (Å²) in [6.45, 7) is 0.910. The van der Waals surface area contributed by atoms with Crippen LogP contribution < -0.4 is 4.90 Å². The number of amides is 2. The first kappa shape index (κ1) is 19.1. The summed E-state index contributed by atoms with van der Waals surface area (Å²) in [4.78, 5) is 30.1. The number of ether oxygens (including phenoxy) is 1. The van der Waals surface area contributed by atoms with E-state index in [0.29, 0.717) is 19.5 Å². The predicted octanol–water partition coefficient (Wildman–Crippen LogP) is 1.76. The lowest BCUT2D eigenvalue weighted by Gasteiger charge is -2.27. The minimum atomic E-state index is -0.748. The molecule has 2 saturated heterocycles. The van der Waals surface area contributed by atoms with Gasteiger partial charge in [0, 0.05) is 31.5 Å². The van der Waals surface area contributed by atoms with E-state index < -0.39 is 17.4 Å². The number of furan rings is 1. The molecule has 2 fully saturated rings. The molecule has 3 aliphatic heterocycles. The van der Waals surface area contributed by atoms with Crippen molar-refractivity contribution in [3.8, 4) is 0 Å². The van der Waals surface area contributed by atoms with Gasteiger partial charge in [0.2, 0.25) is 11.8 Å². The van der Waals surface area contributed by atoms with Gasteiger partial charge in [-0.2, -0.15) is 0 Å². The Morgan fingerprint density at radius 1 is 1.27 bits per heavy atom. The quantitative estimate of drug-likeness (QED) is 0.737. The van der Waals surface area contributed by atoms with Crippen LogP contribution in [0.2, 0.25) is 0 Å². The molecule has 2 aromatic rings. The zero-order chi connectivity index (χ0) is 20.9. The molecule has 7 heteroatoms. The van der Waals surface area contributed by atoms with E-state index in [1.807, 2.05) is 42.5 Å². The lowest BCUT2D eigenvalue weighted by molar-refractivity contribution is -0.139. The highest BCUT2D eigenvalue weighted by Gasteiger charge is 2.67. The van der Waals surface area contributed by atoms with Crippen molar-refractivity contribution in [3.63, 3.8) is 0 Å². The summed E-state index contributed by atoms with van der Waals surface area (Å²) in [5.41, 5.74) is 1.95. The van der Waals surface area contributed by atoms with E-state index in [-0.39, 0.29) is 24.5 Å². The van der Waals surface area contributed by atoms with Gasteiger partial charge >= 0.3 is 0 Å². The van der Waals surface area contributed by atoms with Crippen LogP contribution in [0.15, 0.2) is 59.4 Å². The maximum absolute atomic E-state index is 13.4. The van der Waals surface area contributed by atoms with Gasteiger partial charge in [0.15, 0.2) is 0 Å². The van der Waals surface area contributed by atoms with E-state index in [2.05, 4.69) is 0 Å². The maximum Gasteiger partial charge on any atom is 0.234 e. The number of hydrogen-bond acceptors (Lipinski definition) is 5. The molecule has 1 spiro atoms. The molecular weight excluding hydrogens is 384 g/mol. The lowest BCUT2D eigenvalue weighted by atomic mass is 9.76. The van der Waals surface area contributed by atoms with Crippen LogP contribution in [0.4, 0.5) is 5.69 Å². The molecule has 1 aromatic heterocycles. The van der Waals surface area contributed by atoms with E-state index in [0.717, 1.165) is 16.8 Å². The average molecular weight is 408 g/mol. The molecule has 0 radical (unpaired) electrons. The van der Waals surface area contributed by atoms with Gasteiger partial charge in [-0.05, 0) is 30.2 Å². The van der Waals surface area contributed by atoms with Crippen molar-refractivity contribution in [1.82, 2.24) is 4.90 Å². The Labute approximate surface area is 174 Å². The van der Waals surface area contributed by atoms with Crippen LogP contribution >= 0.6 is 0 Å². The number of fused-ring (bicyclic) bond motifs is 1. The van der Waals surface area contributed by atoms with Crippen molar-refractivity contribution in [2.24, 2.45) is 11.8 Å². The first-order chi connectivity index (χ1) is 14.5. The maximum atomic E-state index is 13.4. The Kier molecular flexibility index (Phi) is 4.52. The molecular formula is C23H24N2O5. The third kappa shape index (κ3) is 2.88. The molecule has 1 aromatic carbocycles. The number of hydrogen-bond donors (Lipinski definition) is 1. The van der Waals surface area contributed by atoms with Gasteiger partial charge < -0.3 is 24.1 Å². The van der Waals surface area contributed by atoms with Gasteiger partial charge in [-0.15, -0.1) is 0 Å². The first-order valence-electron chi connectivity index (χ1n) is 10.2. The molecule has 0 aliphatic carbocycles. The summed E-state index contributed by atoms with van der Waals surface area (Å²) >= 11 is 0. The highest BCUT2D eigenvalue weighted by molar-refractivity contribution is 6.03. The zero-order valence-corrected chi connectivity index (χ0v) is 16.7. The van der Waals surface area contributed by atoms with Gasteiger partial charge in [0.05, 0.1) is 37.0 Å². The summed E-state index contributed by atoms with van der Waals surface area (Å²) in [7, 11) is 1.74. The van der Waals surface area contributed by atoms with Crippen LogP contribution in [0.25, 0.3) is 0 Å². The minimum absolute atomic E-state index is 0.0770. The topological polar surface area (TPSA) is 83.2 Å². The van der Waals surface area contributed by atoms with Crippen molar-refractivity contribution in [1.29, 1.82) is 0 Å². The van der Waals surface area contributed by atoms with Gasteiger partial charge in [-0.3, -0.25) is 9.59 Å². The first-order valence-corrected chi connectivity index (χ1v) is 10.2. The standard InChI is InChI=1S/C23H24N2O5/c1-24(12-16-8-11-29-13-16)21(27)19-18-6-9-23(30-18)14-25(22(28)20(19)23)17-4-2-15(3-5-17)7-10-26/h2-6,8-9,11,13,18-20,26H,7,10,12,14H2,1H3/t18-,19?,20?,23-/m0/s1. The van der Waals surface area contributed by atoms with Crippen molar-refractivity contribution < 1.29 is 23.8 Å². The minimum Gasteiger partial charge on any atom is -0.472 e. The van der Waals surface area contributed by atoms with Crippen LogP contribution in [-0.2, 0) is 27.3 Å². The smallest absolute Gasteiger partial charge is 0.234 e. The molecule has 4 heterocycles. The van der Waals surface area contributed by atoms with Crippen molar-refractivity contribution in [2.75, 3.05) is 25.1 Å². The second-order valence-electron chi connectivity index (χ2n) is 8.29. The van der Waals surface area contributed by atoms with Crippen LogP contribution in [0, 0.1) is 11.8 Å². The van der Waals surface area contributed by atoms with E-state index in [1.54, 1.807) is 29.4 Å². The van der Waals surface area contributed by atoms with Crippen molar-refractivity contribution in [3.05, 3.63) is 66.1 Å². The molecule has 30 heavy (non-hydrogen) atoms. The number of anilines is 1. The fourth-order valence-corrected chi connectivity index (χ4v) is 4.96. The van der Waals surface area contributed by atoms with Crippen LogP contribution in [0.3, 0.4) is 0 Å². The number of rotatable bonds is 6. The second-order valence-corrected chi connectivity index (χ2v) is 8.29. The monoisotopic (exact) mass is 408 g/mol. The Hall–Kier alpha value is -2.90. The van der Waals surface area contributed by atoms with Crippen molar-refractivity contribution >= 4 is 17.5 Å². The van der Waals surface area contributed by atoms with Crippen LogP contribution in [0.5, 0.6) is 0 Å². The highest BCUT2D eigenvalue weighted by atomic mass is 16.5. The summed E-state index contributed by atoms with van der Waals surface area (Å²) in [6.07, 6.45) is 7.29. The summed E-state index contributed by atoms with van der Waals surface area (Å²) < 4.78 is 11.3. The predicted molar refractivity (Wildman–Crippen MR) is 108 cm³/mol. The Morgan fingerprint density at radius 2 is 2.07 bits per heavy atom. The largest absolute Gasteiger partial charge is 0.472 e. The fraction of sp³-hybridized carbons (Fsp3) is 0.391.